The SMILES string of the molecule is CCN(CC)S(=O)(=O)c1ccc(Cl)c(C(=O)N2CCSC(C)C2)c1. The van der Waals surface area contributed by atoms with Crippen molar-refractivity contribution in [1.82, 2.24) is 9.21 Å². The molecule has 24 heavy (non-hydrogen) atoms. The zero-order chi connectivity index (χ0) is 17.9. The highest BCUT2D eigenvalue weighted by molar-refractivity contribution is 8.00. The molecule has 1 aliphatic heterocycles. The minimum Gasteiger partial charge on any atom is -0.337 e. The highest BCUT2D eigenvalue weighted by Crippen LogP contribution is 2.26. The third kappa shape index (κ3) is 4.07. The largest absolute Gasteiger partial charge is 0.337 e. The summed E-state index contributed by atoms with van der Waals surface area (Å²) in [6.45, 7) is 7.71. The zero-order valence-corrected chi connectivity index (χ0v) is 16.5. The number of rotatable bonds is 5. The number of hydrogen-bond acceptors (Lipinski definition) is 4. The van der Waals surface area contributed by atoms with Crippen LogP contribution in [0.4, 0.5) is 0 Å². The number of benzene rings is 1. The number of carbonyl (C=O) groups excluding carboxylic acids is 1. The van der Waals surface area contributed by atoms with Gasteiger partial charge in [0.25, 0.3) is 5.91 Å². The van der Waals surface area contributed by atoms with E-state index in [1.54, 1.807) is 18.7 Å². The lowest BCUT2D eigenvalue weighted by molar-refractivity contribution is 0.0763. The van der Waals surface area contributed by atoms with Crippen LogP contribution in [-0.4, -0.2) is 60.7 Å². The Kier molecular flexibility index (Phi) is 6.59. The maximum atomic E-state index is 12.8. The van der Waals surface area contributed by atoms with Gasteiger partial charge >= 0.3 is 0 Å². The summed E-state index contributed by atoms with van der Waals surface area (Å²) >= 11 is 8.01. The Morgan fingerprint density at radius 3 is 2.62 bits per heavy atom. The summed E-state index contributed by atoms with van der Waals surface area (Å²) in [6, 6.07) is 4.36. The van der Waals surface area contributed by atoms with Gasteiger partial charge in [0.15, 0.2) is 0 Å². The third-order valence-electron chi connectivity index (χ3n) is 4.04. The predicted octanol–water partition coefficient (Wildman–Crippen LogP) is 2.95. The summed E-state index contributed by atoms with van der Waals surface area (Å²) in [5, 5.41) is 0.647. The van der Waals surface area contributed by atoms with Crippen LogP contribution in [0, 0.1) is 0 Å². The van der Waals surface area contributed by atoms with Crippen LogP contribution < -0.4 is 0 Å². The number of sulfonamides is 1. The highest BCUT2D eigenvalue weighted by atomic mass is 35.5. The molecule has 1 atom stereocenters. The smallest absolute Gasteiger partial charge is 0.255 e. The van der Waals surface area contributed by atoms with Gasteiger partial charge in [0.05, 0.1) is 15.5 Å². The molecule has 1 aliphatic rings. The Labute approximate surface area is 153 Å². The Hall–Kier alpha value is -0.760. The average Bonchev–Trinajstić information content (AvgIpc) is 2.55. The van der Waals surface area contributed by atoms with Gasteiger partial charge in [-0.05, 0) is 18.2 Å². The molecule has 1 aromatic rings. The van der Waals surface area contributed by atoms with Crippen molar-refractivity contribution in [1.29, 1.82) is 0 Å². The molecule has 1 fully saturated rings. The van der Waals surface area contributed by atoms with E-state index in [1.807, 2.05) is 11.8 Å². The molecule has 1 heterocycles. The van der Waals surface area contributed by atoms with Crippen molar-refractivity contribution < 1.29 is 13.2 Å². The molecule has 8 heteroatoms. The van der Waals surface area contributed by atoms with E-state index in [0.717, 1.165) is 5.75 Å². The first kappa shape index (κ1) is 19.6. The summed E-state index contributed by atoms with van der Waals surface area (Å²) < 4.78 is 26.7. The van der Waals surface area contributed by atoms with Gasteiger partial charge in [-0.1, -0.05) is 32.4 Å². The molecule has 0 N–H and O–H groups in total. The highest BCUT2D eigenvalue weighted by Gasteiger charge is 2.27. The van der Waals surface area contributed by atoms with Crippen LogP contribution in [0.1, 0.15) is 31.1 Å². The fourth-order valence-corrected chi connectivity index (χ4v) is 5.41. The number of nitrogens with zero attached hydrogens (tertiary/aromatic N) is 2. The molecule has 0 aliphatic carbocycles. The topological polar surface area (TPSA) is 57.7 Å². The molecule has 1 saturated heterocycles. The van der Waals surface area contributed by atoms with Gasteiger partial charge in [-0.3, -0.25) is 4.79 Å². The Morgan fingerprint density at radius 1 is 1.38 bits per heavy atom. The lowest BCUT2D eigenvalue weighted by atomic mass is 10.2. The van der Waals surface area contributed by atoms with Crippen molar-refractivity contribution >= 4 is 39.3 Å². The first-order valence-corrected chi connectivity index (χ1v) is 10.9. The predicted molar refractivity (Wildman–Crippen MR) is 99.4 cm³/mol. The van der Waals surface area contributed by atoms with Gasteiger partial charge in [-0.25, -0.2) is 8.42 Å². The van der Waals surface area contributed by atoms with E-state index >= 15 is 0 Å². The van der Waals surface area contributed by atoms with E-state index in [0.29, 0.717) is 31.4 Å². The van der Waals surface area contributed by atoms with Crippen LogP contribution in [0.5, 0.6) is 0 Å². The summed E-state index contributed by atoms with van der Waals surface area (Å²) in [5.41, 5.74) is 0.254. The molecular weight excluding hydrogens is 368 g/mol. The number of halogens is 1. The second kappa shape index (κ2) is 8.08. The summed E-state index contributed by atoms with van der Waals surface area (Å²) in [4.78, 5) is 14.6. The lowest BCUT2D eigenvalue weighted by Crippen LogP contribution is -2.41. The zero-order valence-electron chi connectivity index (χ0n) is 14.2. The van der Waals surface area contributed by atoms with Crippen LogP contribution in [0.3, 0.4) is 0 Å². The first-order chi connectivity index (χ1) is 11.3. The third-order valence-corrected chi connectivity index (χ3v) is 7.55. The fourth-order valence-electron chi connectivity index (χ4n) is 2.71. The second-order valence-corrected chi connectivity index (χ2v) is 9.56. The molecule has 2 rings (SSSR count). The van der Waals surface area contributed by atoms with E-state index in [1.165, 1.54) is 22.5 Å². The molecular formula is C16H23ClN2O3S2. The Balaban J connectivity index is 2.37. The van der Waals surface area contributed by atoms with Gasteiger partial charge in [0.1, 0.15) is 0 Å². The number of thioether (sulfide) groups is 1. The van der Waals surface area contributed by atoms with Crippen molar-refractivity contribution in [3.63, 3.8) is 0 Å². The van der Waals surface area contributed by atoms with Gasteiger partial charge in [0, 0.05) is 37.2 Å². The molecule has 0 bridgehead atoms. The van der Waals surface area contributed by atoms with Crippen LogP contribution in [0.15, 0.2) is 23.1 Å². The van der Waals surface area contributed by atoms with Crippen molar-refractivity contribution in [2.45, 2.75) is 30.9 Å². The van der Waals surface area contributed by atoms with Crippen LogP contribution in [-0.2, 0) is 10.0 Å². The standard InChI is InChI=1S/C16H23ClN2O3S2/c1-4-19(5-2)24(21,22)13-6-7-15(17)14(10-13)16(20)18-8-9-23-12(3)11-18/h6-7,10,12H,4-5,8-9,11H2,1-3H3. The maximum Gasteiger partial charge on any atom is 0.255 e. The van der Waals surface area contributed by atoms with Gasteiger partial charge < -0.3 is 4.90 Å². The quantitative estimate of drug-likeness (QED) is 0.775. The monoisotopic (exact) mass is 390 g/mol. The second-order valence-electron chi connectivity index (χ2n) is 5.66. The van der Waals surface area contributed by atoms with E-state index in [9.17, 15) is 13.2 Å². The van der Waals surface area contributed by atoms with Crippen LogP contribution in [0.2, 0.25) is 5.02 Å². The first-order valence-electron chi connectivity index (χ1n) is 8.01. The van der Waals surface area contributed by atoms with Crippen molar-refractivity contribution in [3.05, 3.63) is 28.8 Å². The maximum absolute atomic E-state index is 12.8. The molecule has 0 saturated carbocycles. The van der Waals surface area contributed by atoms with Gasteiger partial charge in [0.2, 0.25) is 10.0 Å². The molecule has 1 unspecified atom stereocenters. The van der Waals surface area contributed by atoms with Gasteiger partial charge in [-0.2, -0.15) is 16.1 Å². The van der Waals surface area contributed by atoms with Crippen LogP contribution >= 0.6 is 23.4 Å². The van der Waals surface area contributed by atoms with Crippen molar-refractivity contribution in [2.24, 2.45) is 0 Å². The Bertz CT molecular complexity index is 705. The fraction of sp³-hybridized carbons (Fsp3) is 0.562. The van der Waals surface area contributed by atoms with Crippen molar-refractivity contribution in [3.8, 4) is 0 Å². The minimum atomic E-state index is -3.62. The average molecular weight is 391 g/mol. The van der Waals surface area contributed by atoms with Gasteiger partial charge in [-0.15, -0.1) is 0 Å². The molecule has 0 spiro atoms. The molecule has 0 radical (unpaired) electrons. The minimum absolute atomic E-state index is 0.110. The van der Waals surface area contributed by atoms with Crippen molar-refractivity contribution in [2.75, 3.05) is 31.9 Å². The molecule has 134 valence electrons. The Morgan fingerprint density at radius 2 is 2.04 bits per heavy atom. The number of carbonyl (C=O) groups is 1. The lowest BCUT2D eigenvalue weighted by Gasteiger charge is -2.31. The van der Waals surface area contributed by atoms with E-state index in [2.05, 4.69) is 6.92 Å². The molecule has 1 aromatic carbocycles. The summed E-state index contributed by atoms with van der Waals surface area (Å²) in [5.74, 6) is 0.672. The van der Waals surface area contributed by atoms with E-state index in [4.69, 9.17) is 11.6 Å². The summed E-state index contributed by atoms with van der Waals surface area (Å²) in [7, 11) is -3.62. The molecule has 5 nitrogen and oxygen atoms in total. The number of amides is 1. The normalized spacial score (nSPS) is 18.9. The van der Waals surface area contributed by atoms with Crippen LogP contribution in [0.25, 0.3) is 0 Å². The summed E-state index contributed by atoms with van der Waals surface area (Å²) in [6.07, 6.45) is 0. The molecule has 1 amide bonds. The molecule has 0 aromatic heterocycles. The van der Waals surface area contributed by atoms with E-state index < -0.39 is 10.0 Å². The van der Waals surface area contributed by atoms with E-state index in [-0.39, 0.29) is 21.4 Å². The number of hydrogen-bond donors (Lipinski definition) is 0.